The van der Waals surface area contributed by atoms with Gasteiger partial charge in [-0.2, -0.15) is 0 Å². The van der Waals surface area contributed by atoms with Gasteiger partial charge in [0, 0.05) is 0 Å². The monoisotopic (exact) mass is 187 g/mol. The summed E-state index contributed by atoms with van der Waals surface area (Å²) in [6, 6.07) is -0.516. The second-order valence-electron chi connectivity index (χ2n) is 3.62. The molecule has 1 aliphatic rings. The molecule has 0 aromatic rings. The summed E-state index contributed by atoms with van der Waals surface area (Å²) in [6.07, 6.45) is 2.92. The first kappa shape index (κ1) is 10.5. The Kier molecular flexibility index (Phi) is 3.69. The van der Waals surface area contributed by atoms with Crippen molar-refractivity contribution in [2.45, 2.75) is 37.8 Å². The molecule has 0 aliphatic heterocycles. The molecular formula is C9H17NO3. The number of carbonyl (C=O) groups is 1. The van der Waals surface area contributed by atoms with E-state index in [9.17, 15) is 9.90 Å². The molecule has 0 heterocycles. The van der Waals surface area contributed by atoms with Crippen molar-refractivity contribution in [3.05, 3.63) is 0 Å². The van der Waals surface area contributed by atoms with Gasteiger partial charge in [-0.3, -0.25) is 4.79 Å². The molecule has 1 fully saturated rings. The SMILES string of the molecule is COC(=O)[C@H](N)[C@H]1CC[C@@H](O)CC1. The van der Waals surface area contributed by atoms with Gasteiger partial charge >= 0.3 is 5.97 Å². The number of ether oxygens (including phenoxy) is 1. The van der Waals surface area contributed by atoms with Crippen LogP contribution >= 0.6 is 0 Å². The van der Waals surface area contributed by atoms with Crippen LogP contribution in [0.1, 0.15) is 25.7 Å². The molecule has 1 atom stereocenters. The highest BCUT2D eigenvalue weighted by atomic mass is 16.5. The van der Waals surface area contributed by atoms with E-state index in [-0.39, 0.29) is 18.0 Å². The summed E-state index contributed by atoms with van der Waals surface area (Å²) in [7, 11) is 1.35. The minimum absolute atomic E-state index is 0.177. The Morgan fingerprint density at radius 1 is 1.46 bits per heavy atom. The molecule has 0 amide bonds. The van der Waals surface area contributed by atoms with Crippen molar-refractivity contribution in [3.8, 4) is 0 Å². The molecule has 0 bridgehead atoms. The largest absolute Gasteiger partial charge is 0.468 e. The molecule has 0 radical (unpaired) electrons. The minimum atomic E-state index is -0.516. The quantitative estimate of drug-likeness (QED) is 0.598. The number of esters is 1. The summed E-state index contributed by atoms with van der Waals surface area (Å²) < 4.78 is 4.57. The molecule has 0 spiro atoms. The van der Waals surface area contributed by atoms with Crippen LogP contribution in [-0.2, 0) is 9.53 Å². The lowest BCUT2D eigenvalue weighted by Crippen LogP contribution is -2.41. The molecule has 3 N–H and O–H groups in total. The van der Waals surface area contributed by atoms with Gasteiger partial charge in [-0.05, 0) is 31.6 Å². The molecule has 4 nitrogen and oxygen atoms in total. The fourth-order valence-corrected chi connectivity index (χ4v) is 1.79. The van der Waals surface area contributed by atoms with E-state index >= 15 is 0 Å². The van der Waals surface area contributed by atoms with Gasteiger partial charge in [-0.15, -0.1) is 0 Å². The molecule has 0 aromatic carbocycles. The van der Waals surface area contributed by atoms with Gasteiger partial charge in [-0.25, -0.2) is 0 Å². The Bertz CT molecular complexity index is 176. The maximum atomic E-state index is 11.1. The molecule has 0 aromatic heterocycles. The standard InChI is InChI=1S/C9H17NO3/c1-13-9(12)8(10)6-2-4-7(11)5-3-6/h6-8,11H,2-5,10H2,1H3/t6-,7+,8-/m1/s1. The summed E-state index contributed by atoms with van der Waals surface area (Å²) in [5.74, 6) is -0.169. The van der Waals surface area contributed by atoms with E-state index in [4.69, 9.17) is 5.73 Å². The number of carbonyl (C=O) groups excluding carboxylic acids is 1. The van der Waals surface area contributed by atoms with Gasteiger partial charge in [0.1, 0.15) is 6.04 Å². The lowest BCUT2D eigenvalue weighted by molar-refractivity contribution is -0.144. The molecule has 4 heteroatoms. The van der Waals surface area contributed by atoms with Gasteiger partial charge < -0.3 is 15.6 Å². The maximum absolute atomic E-state index is 11.1. The van der Waals surface area contributed by atoms with Crippen molar-refractivity contribution < 1.29 is 14.6 Å². The van der Waals surface area contributed by atoms with E-state index in [0.717, 1.165) is 25.7 Å². The molecule has 1 saturated carbocycles. The second kappa shape index (κ2) is 4.58. The first-order valence-electron chi connectivity index (χ1n) is 4.66. The van der Waals surface area contributed by atoms with E-state index < -0.39 is 6.04 Å². The number of rotatable bonds is 2. The van der Waals surface area contributed by atoms with Crippen molar-refractivity contribution in [2.75, 3.05) is 7.11 Å². The Morgan fingerprint density at radius 2 is 2.00 bits per heavy atom. The average Bonchev–Trinajstić information content (AvgIpc) is 2.17. The molecule has 76 valence electrons. The third kappa shape index (κ3) is 2.67. The second-order valence-corrected chi connectivity index (χ2v) is 3.62. The first-order chi connectivity index (χ1) is 6.15. The van der Waals surface area contributed by atoms with Crippen LogP contribution in [0.25, 0.3) is 0 Å². The third-order valence-corrected chi connectivity index (χ3v) is 2.72. The van der Waals surface area contributed by atoms with E-state index in [1.54, 1.807) is 0 Å². The van der Waals surface area contributed by atoms with Gasteiger partial charge in [0.05, 0.1) is 13.2 Å². The topological polar surface area (TPSA) is 72.5 Å². The zero-order valence-electron chi connectivity index (χ0n) is 7.90. The predicted molar refractivity (Wildman–Crippen MR) is 48.0 cm³/mol. The smallest absolute Gasteiger partial charge is 0.322 e. The normalized spacial score (nSPS) is 31.0. The molecule has 0 unspecified atom stereocenters. The molecule has 1 rings (SSSR count). The van der Waals surface area contributed by atoms with Crippen LogP contribution in [0.15, 0.2) is 0 Å². The van der Waals surface area contributed by atoms with Crippen LogP contribution in [0.3, 0.4) is 0 Å². The van der Waals surface area contributed by atoms with Crippen molar-refractivity contribution >= 4 is 5.97 Å². The molecular weight excluding hydrogens is 170 g/mol. The number of aliphatic hydroxyl groups is 1. The Labute approximate surface area is 78.1 Å². The van der Waals surface area contributed by atoms with Crippen molar-refractivity contribution in [3.63, 3.8) is 0 Å². The zero-order chi connectivity index (χ0) is 9.84. The van der Waals surface area contributed by atoms with Crippen LogP contribution in [0.2, 0.25) is 0 Å². The molecule has 1 aliphatic carbocycles. The van der Waals surface area contributed by atoms with Gasteiger partial charge in [0.15, 0.2) is 0 Å². The molecule has 0 saturated heterocycles. The van der Waals surface area contributed by atoms with Gasteiger partial charge in [0.2, 0.25) is 0 Å². The highest BCUT2D eigenvalue weighted by Gasteiger charge is 2.29. The lowest BCUT2D eigenvalue weighted by Gasteiger charge is -2.28. The van der Waals surface area contributed by atoms with E-state index in [2.05, 4.69) is 4.74 Å². The number of aliphatic hydroxyl groups excluding tert-OH is 1. The number of hydrogen-bond donors (Lipinski definition) is 2. The van der Waals surface area contributed by atoms with E-state index in [1.165, 1.54) is 7.11 Å². The third-order valence-electron chi connectivity index (χ3n) is 2.72. The fourth-order valence-electron chi connectivity index (χ4n) is 1.79. The Morgan fingerprint density at radius 3 is 2.46 bits per heavy atom. The van der Waals surface area contributed by atoms with Crippen molar-refractivity contribution in [1.82, 2.24) is 0 Å². The minimum Gasteiger partial charge on any atom is -0.468 e. The summed E-state index contributed by atoms with van der Waals surface area (Å²) in [4.78, 5) is 11.1. The summed E-state index contributed by atoms with van der Waals surface area (Å²) in [5, 5.41) is 9.25. The average molecular weight is 187 g/mol. The maximum Gasteiger partial charge on any atom is 0.322 e. The van der Waals surface area contributed by atoms with E-state index in [0.29, 0.717) is 0 Å². The van der Waals surface area contributed by atoms with Crippen LogP contribution in [0.4, 0.5) is 0 Å². The van der Waals surface area contributed by atoms with Crippen LogP contribution in [0, 0.1) is 5.92 Å². The van der Waals surface area contributed by atoms with Crippen LogP contribution in [0.5, 0.6) is 0 Å². The molecule has 13 heavy (non-hydrogen) atoms. The number of nitrogens with two attached hydrogens (primary N) is 1. The van der Waals surface area contributed by atoms with Crippen molar-refractivity contribution in [2.24, 2.45) is 11.7 Å². The predicted octanol–water partition coefficient (Wildman–Crippen LogP) is 0.0378. The summed E-state index contributed by atoms with van der Waals surface area (Å²) in [5.41, 5.74) is 5.69. The van der Waals surface area contributed by atoms with E-state index in [1.807, 2.05) is 0 Å². The van der Waals surface area contributed by atoms with Crippen LogP contribution < -0.4 is 5.73 Å². The van der Waals surface area contributed by atoms with Gasteiger partial charge in [0.25, 0.3) is 0 Å². The Hall–Kier alpha value is -0.610. The highest BCUT2D eigenvalue weighted by molar-refractivity contribution is 5.75. The summed E-state index contributed by atoms with van der Waals surface area (Å²) >= 11 is 0. The fraction of sp³-hybridized carbons (Fsp3) is 0.889. The van der Waals surface area contributed by atoms with Crippen molar-refractivity contribution in [1.29, 1.82) is 0 Å². The lowest BCUT2D eigenvalue weighted by atomic mass is 9.83. The number of methoxy groups -OCH3 is 1. The first-order valence-corrected chi connectivity index (χ1v) is 4.66. The number of hydrogen-bond acceptors (Lipinski definition) is 4. The van der Waals surface area contributed by atoms with Gasteiger partial charge in [-0.1, -0.05) is 0 Å². The summed E-state index contributed by atoms with van der Waals surface area (Å²) in [6.45, 7) is 0. The van der Waals surface area contributed by atoms with Crippen LogP contribution in [-0.4, -0.2) is 30.3 Å². The highest BCUT2D eigenvalue weighted by Crippen LogP contribution is 2.26. The Balaban J connectivity index is 2.39. The zero-order valence-corrected chi connectivity index (χ0v) is 7.90.